The molecule has 2 aromatic carbocycles. The van der Waals surface area contributed by atoms with Crippen molar-refractivity contribution in [3.8, 4) is 0 Å². The third-order valence-electron chi connectivity index (χ3n) is 3.93. The van der Waals surface area contributed by atoms with Gasteiger partial charge in [0.05, 0.1) is 12.6 Å². The van der Waals surface area contributed by atoms with Crippen molar-refractivity contribution < 1.29 is 4.74 Å². The third-order valence-corrected chi connectivity index (χ3v) is 3.93. The minimum atomic E-state index is 0.238. The van der Waals surface area contributed by atoms with Crippen LogP contribution in [0.3, 0.4) is 0 Å². The fourth-order valence-electron chi connectivity index (χ4n) is 2.75. The van der Waals surface area contributed by atoms with E-state index in [0.29, 0.717) is 0 Å². The highest BCUT2D eigenvalue weighted by Gasteiger charge is 2.14. The van der Waals surface area contributed by atoms with Crippen LogP contribution < -0.4 is 5.32 Å². The summed E-state index contributed by atoms with van der Waals surface area (Å²) in [6.07, 6.45) is 0.963. The normalized spacial score (nSPS) is 12.4. The van der Waals surface area contributed by atoms with E-state index in [1.807, 2.05) is 7.05 Å². The molecule has 2 aromatic rings. The molecule has 0 radical (unpaired) electrons. The largest absolute Gasteiger partial charge is 0.384 e. The molecular weight excluding hydrogens is 258 g/mol. The van der Waals surface area contributed by atoms with E-state index in [1.165, 1.54) is 27.8 Å². The van der Waals surface area contributed by atoms with E-state index < -0.39 is 0 Å². The van der Waals surface area contributed by atoms with Gasteiger partial charge in [-0.1, -0.05) is 48.0 Å². The molecule has 0 heterocycles. The monoisotopic (exact) mass is 283 g/mol. The van der Waals surface area contributed by atoms with Gasteiger partial charge in [0.2, 0.25) is 0 Å². The standard InChI is InChI=1S/C19H25NO/c1-14-5-10-18(15(2)13-14)19(20-3)17-8-6-16(7-9-17)11-12-21-4/h5-10,13,19-20H,11-12H2,1-4H3. The molecular formula is C19H25NO. The second-order valence-electron chi connectivity index (χ2n) is 5.57. The second kappa shape index (κ2) is 7.39. The zero-order valence-electron chi connectivity index (χ0n) is 13.4. The van der Waals surface area contributed by atoms with Gasteiger partial charge in [-0.2, -0.15) is 0 Å². The summed E-state index contributed by atoms with van der Waals surface area (Å²) in [5.74, 6) is 0. The number of hydrogen-bond donors (Lipinski definition) is 1. The first kappa shape index (κ1) is 15.7. The first-order valence-electron chi connectivity index (χ1n) is 7.48. The average molecular weight is 283 g/mol. The molecule has 2 heteroatoms. The molecule has 0 spiro atoms. The van der Waals surface area contributed by atoms with Crippen LogP contribution in [0.4, 0.5) is 0 Å². The SMILES string of the molecule is CNC(c1ccc(CCOC)cc1)c1ccc(C)cc1C. The lowest BCUT2D eigenvalue weighted by Gasteiger charge is -2.20. The van der Waals surface area contributed by atoms with Crippen LogP contribution in [0.25, 0.3) is 0 Å². The van der Waals surface area contributed by atoms with Crippen LogP contribution in [0.1, 0.15) is 33.9 Å². The van der Waals surface area contributed by atoms with Crippen molar-refractivity contribution >= 4 is 0 Å². The molecule has 0 saturated heterocycles. The van der Waals surface area contributed by atoms with Gasteiger partial charge in [0.15, 0.2) is 0 Å². The van der Waals surface area contributed by atoms with E-state index in [0.717, 1.165) is 13.0 Å². The Morgan fingerprint density at radius 3 is 2.33 bits per heavy atom. The minimum absolute atomic E-state index is 0.238. The Hall–Kier alpha value is -1.64. The Morgan fingerprint density at radius 2 is 1.76 bits per heavy atom. The molecule has 1 unspecified atom stereocenters. The maximum atomic E-state index is 5.13. The van der Waals surface area contributed by atoms with E-state index in [-0.39, 0.29) is 6.04 Å². The zero-order chi connectivity index (χ0) is 15.2. The first-order valence-corrected chi connectivity index (χ1v) is 7.48. The van der Waals surface area contributed by atoms with Gasteiger partial charge in [0.1, 0.15) is 0 Å². The summed E-state index contributed by atoms with van der Waals surface area (Å²) in [6.45, 7) is 5.08. The maximum absolute atomic E-state index is 5.13. The van der Waals surface area contributed by atoms with Crippen molar-refractivity contribution in [2.45, 2.75) is 26.3 Å². The van der Waals surface area contributed by atoms with Crippen LogP contribution in [-0.2, 0) is 11.2 Å². The lowest BCUT2D eigenvalue weighted by atomic mass is 9.93. The van der Waals surface area contributed by atoms with Gasteiger partial charge in [-0.05, 0) is 49.6 Å². The van der Waals surface area contributed by atoms with Crippen molar-refractivity contribution in [1.82, 2.24) is 5.32 Å². The van der Waals surface area contributed by atoms with E-state index in [4.69, 9.17) is 4.74 Å². The molecule has 0 bridgehead atoms. The van der Waals surface area contributed by atoms with Crippen molar-refractivity contribution in [1.29, 1.82) is 0 Å². The second-order valence-corrected chi connectivity index (χ2v) is 5.57. The minimum Gasteiger partial charge on any atom is -0.384 e. The molecule has 0 aliphatic carbocycles. The van der Waals surface area contributed by atoms with E-state index in [9.17, 15) is 0 Å². The van der Waals surface area contributed by atoms with E-state index >= 15 is 0 Å². The first-order chi connectivity index (χ1) is 10.2. The molecule has 1 atom stereocenters. The van der Waals surface area contributed by atoms with Crippen molar-refractivity contribution in [3.63, 3.8) is 0 Å². The van der Waals surface area contributed by atoms with E-state index in [1.54, 1.807) is 7.11 Å². The van der Waals surface area contributed by atoms with E-state index in [2.05, 4.69) is 61.6 Å². The van der Waals surface area contributed by atoms with Gasteiger partial charge < -0.3 is 10.1 Å². The zero-order valence-corrected chi connectivity index (χ0v) is 13.4. The van der Waals surface area contributed by atoms with Crippen molar-refractivity contribution in [2.24, 2.45) is 0 Å². The third kappa shape index (κ3) is 3.93. The highest BCUT2D eigenvalue weighted by molar-refractivity contribution is 5.39. The summed E-state index contributed by atoms with van der Waals surface area (Å²) in [7, 11) is 3.76. The van der Waals surface area contributed by atoms with Gasteiger partial charge in [0, 0.05) is 7.11 Å². The summed E-state index contributed by atoms with van der Waals surface area (Å²) >= 11 is 0. The Morgan fingerprint density at radius 1 is 1.05 bits per heavy atom. The topological polar surface area (TPSA) is 21.3 Å². The molecule has 112 valence electrons. The average Bonchev–Trinajstić information content (AvgIpc) is 2.49. The number of benzene rings is 2. The van der Waals surface area contributed by atoms with Crippen LogP contribution in [0.5, 0.6) is 0 Å². The van der Waals surface area contributed by atoms with Crippen LogP contribution >= 0.6 is 0 Å². The fraction of sp³-hybridized carbons (Fsp3) is 0.368. The molecule has 21 heavy (non-hydrogen) atoms. The number of nitrogens with one attached hydrogen (secondary N) is 1. The Balaban J connectivity index is 2.24. The lowest BCUT2D eigenvalue weighted by molar-refractivity contribution is 0.202. The number of ether oxygens (including phenoxy) is 1. The number of methoxy groups -OCH3 is 1. The molecule has 2 rings (SSSR count). The highest BCUT2D eigenvalue weighted by Crippen LogP contribution is 2.25. The molecule has 0 saturated carbocycles. The van der Waals surface area contributed by atoms with Crippen molar-refractivity contribution in [2.75, 3.05) is 20.8 Å². The number of aryl methyl sites for hydroxylation is 2. The highest BCUT2D eigenvalue weighted by atomic mass is 16.5. The summed E-state index contributed by atoms with van der Waals surface area (Å²) in [4.78, 5) is 0. The van der Waals surface area contributed by atoms with Crippen LogP contribution in [0, 0.1) is 13.8 Å². The fourth-order valence-corrected chi connectivity index (χ4v) is 2.75. The summed E-state index contributed by atoms with van der Waals surface area (Å²) in [6, 6.07) is 15.7. The number of hydrogen-bond acceptors (Lipinski definition) is 2. The molecule has 0 aliphatic heterocycles. The predicted octanol–water partition coefficient (Wildman–Crippen LogP) is 3.80. The van der Waals surface area contributed by atoms with Gasteiger partial charge in [-0.15, -0.1) is 0 Å². The van der Waals surface area contributed by atoms with Gasteiger partial charge in [-0.3, -0.25) is 0 Å². The van der Waals surface area contributed by atoms with Crippen molar-refractivity contribution in [3.05, 3.63) is 70.3 Å². The van der Waals surface area contributed by atoms with Gasteiger partial charge >= 0.3 is 0 Å². The lowest BCUT2D eigenvalue weighted by Crippen LogP contribution is -2.18. The quantitative estimate of drug-likeness (QED) is 0.870. The van der Waals surface area contributed by atoms with Gasteiger partial charge in [0.25, 0.3) is 0 Å². The predicted molar refractivity (Wildman–Crippen MR) is 88.8 cm³/mol. The summed E-state index contributed by atoms with van der Waals surface area (Å²) in [5.41, 5.74) is 6.59. The Bertz CT molecular complexity index is 575. The molecule has 0 aromatic heterocycles. The Kier molecular flexibility index (Phi) is 5.54. The summed E-state index contributed by atoms with van der Waals surface area (Å²) < 4.78 is 5.13. The molecule has 0 fully saturated rings. The molecule has 1 N–H and O–H groups in total. The van der Waals surface area contributed by atoms with Crippen LogP contribution in [0.15, 0.2) is 42.5 Å². The van der Waals surface area contributed by atoms with Gasteiger partial charge in [-0.25, -0.2) is 0 Å². The Labute approximate surface area is 128 Å². The molecule has 0 aliphatic rings. The van der Waals surface area contributed by atoms with Crippen LogP contribution in [-0.4, -0.2) is 20.8 Å². The maximum Gasteiger partial charge on any atom is 0.0576 e. The number of rotatable bonds is 6. The smallest absolute Gasteiger partial charge is 0.0576 e. The van der Waals surface area contributed by atoms with Crippen LogP contribution in [0.2, 0.25) is 0 Å². The molecule has 2 nitrogen and oxygen atoms in total. The summed E-state index contributed by atoms with van der Waals surface area (Å²) in [5, 5.41) is 3.43. The molecule has 0 amide bonds.